The number of rotatable bonds is 5. The minimum absolute atomic E-state index is 0. The number of carbonyl (C=O) groups is 1. The maximum atomic E-state index is 14.0. The van der Waals surface area contributed by atoms with E-state index in [0.717, 1.165) is 6.07 Å². The van der Waals surface area contributed by atoms with E-state index in [1.54, 1.807) is 24.3 Å². The van der Waals surface area contributed by atoms with Crippen LogP contribution in [-0.4, -0.2) is 19.6 Å². The van der Waals surface area contributed by atoms with Gasteiger partial charge >= 0.3 is 0 Å². The van der Waals surface area contributed by atoms with E-state index in [4.69, 9.17) is 15.2 Å². The van der Waals surface area contributed by atoms with Crippen LogP contribution in [0.1, 0.15) is 0 Å². The zero-order valence-corrected chi connectivity index (χ0v) is 12.7. The average Bonchev–Trinajstić information content (AvgIpc) is 2.50. The second-order valence-electron chi connectivity index (χ2n) is 4.15. The van der Waals surface area contributed by atoms with E-state index in [0.29, 0.717) is 17.2 Å². The number of benzene rings is 2. The summed E-state index contributed by atoms with van der Waals surface area (Å²) in [7, 11) is 1.50. The molecule has 0 heterocycles. The van der Waals surface area contributed by atoms with Crippen LogP contribution in [0.3, 0.4) is 0 Å². The van der Waals surface area contributed by atoms with Crippen LogP contribution in [0.15, 0.2) is 42.5 Å². The molecule has 2 aromatic rings. The molecule has 3 N–H and O–H groups in total. The Bertz CT molecular complexity index is 652. The zero-order chi connectivity index (χ0) is 15.2. The number of carbonyl (C=O) groups excluding carboxylic acids is 1. The van der Waals surface area contributed by atoms with Crippen molar-refractivity contribution < 1.29 is 18.7 Å². The lowest BCUT2D eigenvalue weighted by Crippen LogP contribution is -2.21. The van der Waals surface area contributed by atoms with Crippen molar-refractivity contribution in [3.05, 3.63) is 48.3 Å². The molecule has 2 rings (SSSR count). The zero-order valence-electron chi connectivity index (χ0n) is 11.8. The summed E-state index contributed by atoms with van der Waals surface area (Å²) in [6.45, 7) is -0.166. The van der Waals surface area contributed by atoms with Gasteiger partial charge in [0.2, 0.25) is 5.91 Å². The number of amides is 1. The van der Waals surface area contributed by atoms with Crippen LogP contribution in [0, 0.1) is 5.82 Å². The molecular formula is C15H16ClFN2O3. The summed E-state index contributed by atoms with van der Waals surface area (Å²) >= 11 is 0. The van der Waals surface area contributed by atoms with Gasteiger partial charge in [-0.25, -0.2) is 4.39 Å². The highest BCUT2D eigenvalue weighted by Crippen LogP contribution is 2.32. The molecule has 2 aromatic carbocycles. The molecule has 22 heavy (non-hydrogen) atoms. The Labute approximate surface area is 133 Å². The molecule has 118 valence electrons. The Morgan fingerprint density at radius 1 is 1.18 bits per heavy atom. The fourth-order valence-corrected chi connectivity index (χ4v) is 1.69. The number of hydrogen-bond acceptors (Lipinski definition) is 4. The van der Waals surface area contributed by atoms with Crippen molar-refractivity contribution in [2.24, 2.45) is 5.73 Å². The molecule has 0 saturated carbocycles. The highest BCUT2D eigenvalue weighted by molar-refractivity contribution is 5.92. The number of halogens is 2. The van der Waals surface area contributed by atoms with Gasteiger partial charge in [0.25, 0.3) is 0 Å². The van der Waals surface area contributed by atoms with Crippen molar-refractivity contribution in [2.75, 3.05) is 19.0 Å². The number of para-hydroxylation sites is 2. The number of ether oxygens (including phenoxy) is 2. The Hall–Kier alpha value is -2.31. The molecule has 0 aliphatic rings. The molecule has 5 nitrogen and oxygen atoms in total. The largest absolute Gasteiger partial charge is 0.493 e. The fraction of sp³-hybridized carbons (Fsp3) is 0.133. The van der Waals surface area contributed by atoms with Crippen LogP contribution < -0.4 is 20.5 Å². The van der Waals surface area contributed by atoms with Gasteiger partial charge in [-0.05, 0) is 24.3 Å². The number of methoxy groups -OCH3 is 1. The first-order valence-corrected chi connectivity index (χ1v) is 6.24. The van der Waals surface area contributed by atoms with Crippen molar-refractivity contribution in [1.82, 2.24) is 0 Å². The van der Waals surface area contributed by atoms with Crippen molar-refractivity contribution in [2.45, 2.75) is 0 Å². The summed E-state index contributed by atoms with van der Waals surface area (Å²) in [6, 6.07) is 11.0. The second kappa shape index (κ2) is 8.21. The maximum Gasteiger partial charge on any atom is 0.238 e. The highest BCUT2D eigenvalue weighted by atomic mass is 35.5. The Morgan fingerprint density at radius 3 is 2.45 bits per heavy atom. The maximum absolute atomic E-state index is 14.0. The van der Waals surface area contributed by atoms with Gasteiger partial charge in [0.05, 0.1) is 13.7 Å². The van der Waals surface area contributed by atoms with E-state index in [1.807, 2.05) is 0 Å². The third-order valence-electron chi connectivity index (χ3n) is 2.69. The summed E-state index contributed by atoms with van der Waals surface area (Å²) in [5, 5.41) is 2.46. The average molecular weight is 327 g/mol. The third kappa shape index (κ3) is 4.34. The van der Waals surface area contributed by atoms with E-state index in [-0.39, 0.29) is 24.7 Å². The van der Waals surface area contributed by atoms with Gasteiger partial charge in [0.1, 0.15) is 0 Å². The van der Waals surface area contributed by atoms with Gasteiger partial charge in [0, 0.05) is 11.8 Å². The molecule has 0 saturated heterocycles. The van der Waals surface area contributed by atoms with Gasteiger partial charge in [-0.1, -0.05) is 12.1 Å². The van der Waals surface area contributed by atoms with Crippen LogP contribution in [0.2, 0.25) is 0 Å². The van der Waals surface area contributed by atoms with Crippen LogP contribution >= 0.6 is 12.4 Å². The molecule has 0 atom stereocenters. The third-order valence-corrected chi connectivity index (χ3v) is 2.69. The minimum atomic E-state index is -0.601. The second-order valence-corrected chi connectivity index (χ2v) is 4.15. The Morgan fingerprint density at radius 2 is 1.86 bits per heavy atom. The van der Waals surface area contributed by atoms with Gasteiger partial charge in [-0.2, -0.15) is 0 Å². The van der Waals surface area contributed by atoms with Crippen LogP contribution in [0.25, 0.3) is 0 Å². The van der Waals surface area contributed by atoms with Gasteiger partial charge < -0.3 is 20.5 Å². The predicted molar refractivity (Wildman–Crippen MR) is 84.4 cm³/mol. The first kappa shape index (κ1) is 17.7. The SMILES string of the molecule is COc1ccccc1Oc1ccc(NC(=O)CN)cc1F.Cl. The predicted octanol–water partition coefficient (Wildman–Crippen LogP) is 2.95. The lowest BCUT2D eigenvalue weighted by atomic mass is 10.2. The fourth-order valence-electron chi connectivity index (χ4n) is 1.69. The topological polar surface area (TPSA) is 73.6 Å². The lowest BCUT2D eigenvalue weighted by molar-refractivity contribution is -0.114. The molecule has 0 aliphatic heterocycles. The van der Waals surface area contributed by atoms with Crippen molar-refractivity contribution in [3.8, 4) is 17.2 Å². The summed E-state index contributed by atoms with van der Waals surface area (Å²) in [5.74, 6) is -0.0659. The first-order chi connectivity index (χ1) is 10.1. The molecular weight excluding hydrogens is 311 g/mol. The molecule has 0 unspecified atom stereocenters. The number of nitrogens with two attached hydrogens (primary N) is 1. The van der Waals surface area contributed by atoms with Gasteiger partial charge in [-0.3, -0.25) is 4.79 Å². The Kier molecular flexibility index (Phi) is 6.62. The van der Waals surface area contributed by atoms with E-state index in [9.17, 15) is 9.18 Å². The van der Waals surface area contributed by atoms with Gasteiger partial charge in [0.15, 0.2) is 23.1 Å². The molecule has 0 spiro atoms. The van der Waals surface area contributed by atoms with E-state index >= 15 is 0 Å². The Balaban J connectivity index is 0.00000242. The molecule has 1 amide bonds. The minimum Gasteiger partial charge on any atom is -0.493 e. The quantitative estimate of drug-likeness (QED) is 0.886. The normalized spacial score (nSPS) is 9.59. The van der Waals surface area contributed by atoms with Crippen molar-refractivity contribution in [1.29, 1.82) is 0 Å². The summed E-state index contributed by atoms with van der Waals surface area (Å²) in [6.07, 6.45) is 0. The monoisotopic (exact) mass is 326 g/mol. The summed E-state index contributed by atoms with van der Waals surface area (Å²) in [5.41, 5.74) is 5.49. The van der Waals surface area contributed by atoms with Gasteiger partial charge in [-0.15, -0.1) is 12.4 Å². The number of anilines is 1. The number of hydrogen-bond donors (Lipinski definition) is 2. The van der Waals surface area contributed by atoms with Crippen LogP contribution in [0.5, 0.6) is 17.2 Å². The van der Waals surface area contributed by atoms with Crippen LogP contribution in [-0.2, 0) is 4.79 Å². The standard InChI is InChI=1S/C15H15FN2O3.ClH/c1-20-13-4-2-3-5-14(13)21-12-7-6-10(8-11(12)16)18-15(19)9-17;/h2-8H,9,17H2,1H3,(H,18,19);1H. The number of nitrogens with one attached hydrogen (secondary N) is 1. The van der Waals surface area contributed by atoms with Crippen LogP contribution in [0.4, 0.5) is 10.1 Å². The summed E-state index contributed by atoms with van der Waals surface area (Å²) < 4.78 is 24.6. The van der Waals surface area contributed by atoms with E-state index in [1.165, 1.54) is 19.2 Å². The van der Waals surface area contributed by atoms with E-state index < -0.39 is 11.7 Å². The molecule has 0 aromatic heterocycles. The first-order valence-electron chi connectivity index (χ1n) is 6.24. The molecule has 0 radical (unpaired) electrons. The highest BCUT2D eigenvalue weighted by Gasteiger charge is 2.10. The molecule has 0 bridgehead atoms. The smallest absolute Gasteiger partial charge is 0.238 e. The summed E-state index contributed by atoms with van der Waals surface area (Å²) in [4.78, 5) is 11.1. The van der Waals surface area contributed by atoms with E-state index in [2.05, 4.69) is 5.32 Å². The lowest BCUT2D eigenvalue weighted by Gasteiger charge is -2.11. The molecule has 0 fully saturated rings. The molecule has 7 heteroatoms. The van der Waals surface area contributed by atoms with Crippen molar-refractivity contribution in [3.63, 3.8) is 0 Å². The molecule has 0 aliphatic carbocycles. The van der Waals surface area contributed by atoms with Crippen molar-refractivity contribution >= 4 is 24.0 Å².